The number of anilines is 1. The lowest BCUT2D eigenvalue weighted by Crippen LogP contribution is -2.08. The lowest BCUT2D eigenvalue weighted by Gasteiger charge is -2.09. The number of halogens is 2. The van der Waals surface area contributed by atoms with Gasteiger partial charge in [0.25, 0.3) is 0 Å². The number of aryl methyl sites for hydroxylation is 1. The number of rotatable bonds is 3. The molecule has 0 aliphatic carbocycles. The zero-order valence-corrected chi connectivity index (χ0v) is 12.3. The van der Waals surface area contributed by atoms with Gasteiger partial charge in [0.15, 0.2) is 9.84 Å². The van der Waals surface area contributed by atoms with Crippen LogP contribution < -0.4 is 5.73 Å². The number of nitrogen functional groups attached to an aromatic ring is 1. The van der Waals surface area contributed by atoms with Crippen molar-refractivity contribution in [1.29, 1.82) is 0 Å². The van der Waals surface area contributed by atoms with Gasteiger partial charge in [0.05, 0.1) is 21.4 Å². The molecule has 0 aliphatic heterocycles. The third kappa shape index (κ3) is 3.11. The summed E-state index contributed by atoms with van der Waals surface area (Å²) in [4.78, 5) is 0.0814. The average molecular weight is 314 g/mol. The molecule has 0 saturated carbocycles. The van der Waals surface area contributed by atoms with Crippen LogP contribution in [0.5, 0.6) is 0 Å². The lowest BCUT2D eigenvalue weighted by atomic mass is 10.2. The summed E-state index contributed by atoms with van der Waals surface area (Å²) in [5.41, 5.74) is 7.13. The summed E-state index contributed by atoms with van der Waals surface area (Å²) in [5.74, 6) is -0.858. The molecule has 0 unspecified atom stereocenters. The predicted octanol–water partition coefficient (Wildman–Crippen LogP) is 3.34. The van der Waals surface area contributed by atoms with Crippen molar-refractivity contribution in [1.82, 2.24) is 0 Å². The molecular weight excluding hydrogens is 301 g/mol. The summed E-state index contributed by atoms with van der Waals surface area (Å²) in [7, 11) is -3.60. The molecule has 106 valence electrons. The fourth-order valence-electron chi connectivity index (χ4n) is 1.84. The zero-order chi connectivity index (χ0) is 14.9. The van der Waals surface area contributed by atoms with Gasteiger partial charge in [0.1, 0.15) is 5.82 Å². The summed E-state index contributed by atoms with van der Waals surface area (Å²) in [6.45, 7) is 1.78. The highest BCUT2D eigenvalue weighted by Crippen LogP contribution is 2.25. The molecule has 3 nitrogen and oxygen atoms in total. The zero-order valence-electron chi connectivity index (χ0n) is 10.7. The van der Waals surface area contributed by atoms with Crippen LogP contribution in [0.3, 0.4) is 0 Å². The van der Waals surface area contributed by atoms with E-state index in [0.717, 1.165) is 11.6 Å². The van der Waals surface area contributed by atoms with Crippen molar-refractivity contribution in [2.45, 2.75) is 17.6 Å². The molecule has 6 heteroatoms. The van der Waals surface area contributed by atoms with Gasteiger partial charge >= 0.3 is 0 Å². The SMILES string of the molecule is Cc1ccc(N)c(S(=O)(=O)Cc2ccc(F)c(Cl)c2)c1. The van der Waals surface area contributed by atoms with E-state index in [4.69, 9.17) is 17.3 Å². The van der Waals surface area contributed by atoms with Crippen LogP contribution in [0, 0.1) is 12.7 Å². The van der Waals surface area contributed by atoms with Crippen LogP contribution in [0.25, 0.3) is 0 Å². The number of hydrogen-bond acceptors (Lipinski definition) is 3. The third-order valence-electron chi connectivity index (χ3n) is 2.84. The van der Waals surface area contributed by atoms with Crippen molar-refractivity contribution in [3.63, 3.8) is 0 Å². The maximum absolute atomic E-state index is 13.1. The maximum atomic E-state index is 13.1. The first-order valence-electron chi connectivity index (χ1n) is 5.82. The summed E-state index contributed by atoms with van der Waals surface area (Å²) in [5, 5.41) is -0.102. The minimum atomic E-state index is -3.60. The second-order valence-electron chi connectivity index (χ2n) is 4.55. The first-order valence-corrected chi connectivity index (χ1v) is 7.85. The van der Waals surface area contributed by atoms with Gasteiger partial charge in [-0.3, -0.25) is 0 Å². The Morgan fingerprint density at radius 2 is 1.90 bits per heavy atom. The number of sulfone groups is 1. The maximum Gasteiger partial charge on any atom is 0.184 e. The third-order valence-corrected chi connectivity index (χ3v) is 4.87. The molecule has 20 heavy (non-hydrogen) atoms. The van der Waals surface area contributed by atoms with E-state index in [1.807, 2.05) is 0 Å². The Kier molecular flexibility index (Phi) is 4.01. The van der Waals surface area contributed by atoms with Crippen LogP contribution in [0.2, 0.25) is 5.02 Å². The van der Waals surface area contributed by atoms with Crippen LogP contribution in [-0.4, -0.2) is 8.42 Å². The van der Waals surface area contributed by atoms with E-state index in [2.05, 4.69) is 0 Å². The van der Waals surface area contributed by atoms with Crippen molar-refractivity contribution in [3.8, 4) is 0 Å². The highest BCUT2D eigenvalue weighted by atomic mass is 35.5. The van der Waals surface area contributed by atoms with Crippen molar-refractivity contribution in [2.24, 2.45) is 0 Å². The highest BCUT2D eigenvalue weighted by molar-refractivity contribution is 7.90. The summed E-state index contributed by atoms with van der Waals surface area (Å²) in [6.07, 6.45) is 0. The van der Waals surface area contributed by atoms with E-state index >= 15 is 0 Å². The van der Waals surface area contributed by atoms with Crippen LogP contribution in [0.15, 0.2) is 41.3 Å². The fraction of sp³-hybridized carbons (Fsp3) is 0.143. The molecule has 0 radical (unpaired) electrons. The molecule has 0 aliphatic rings. The van der Waals surface area contributed by atoms with Gasteiger partial charge in [0.2, 0.25) is 0 Å². The Balaban J connectivity index is 2.40. The molecule has 0 atom stereocenters. The monoisotopic (exact) mass is 313 g/mol. The van der Waals surface area contributed by atoms with Gasteiger partial charge in [-0.15, -0.1) is 0 Å². The average Bonchev–Trinajstić information content (AvgIpc) is 2.36. The Morgan fingerprint density at radius 1 is 1.20 bits per heavy atom. The Labute approximate surface area is 122 Å². The second kappa shape index (κ2) is 5.42. The van der Waals surface area contributed by atoms with Crippen LogP contribution in [-0.2, 0) is 15.6 Å². The minimum absolute atomic E-state index is 0.0814. The Bertz CT molecular complexity index is 760. The topological polar surface area (TPSA) is 60.2 Å². The Hall–Kier alpha value is -1.59. The Morgan fingerprint density at radius 3 is 2.55 bits per heavy atom. The molecular formula is C14H13ClFNO2S. The molecule has 2 aromatic carbocycles. The van der Waals surface area contributed by atoms with E-state index in [0.29, 0.717) is 5.56 Å². The molecule has 0 spiro atoms. The number of hydrogen-bond donors (Lipinski definition) is 1. The smallest absolute Gasteiger partial charge is 0.184 e. The molecule has 0 amide bonds. The van der Waals surface area contributed by atoms with Crippen molar-refractivity contribution in [3.05, 3.63) is 58.4 Å². The number of benzene rings is 2. The van der Waals surface area contributed by atoms with E-state index in [9.17, 15) is 12.8 Å². The summed E-state index contributed by atoms with van der Waals surface area (Å²) in [6, 6.07) is 8.66. The van der Waals surface area contributed by atoms with E-state index in [1.54, 1.807) is 19.1 Å². The van der Waals surface area contributed by atoms with Crippen molar-refractivity contribution >= 4 is 27.1 Å². The molecule has 2 rings (SSSR count). The van der Waals surface area contributed by atoms with Crippen LogP contribution >= 0.6 is 11.6 Å². The first-order chi connectivity index (χ1) is 9.29. The van der Waals surface area contributed by atoms with Gasteiger partial charge in [-0.1, -0.05) is 23.7 Å². The number of nitrogens with two attached hydrogens (primary N) is 1. The normalized spacial score (nSPS) is 11.6. The van der Waals surface area contributed by atoms with Gasteiger partial charge in [-0.25, -0.2) is 12.8 Å². The molecule has 0 aromatic heterocycles. The first kappa shape index (κ1) is 14.8. The lowest BCUT2D eigenvalue weighted by molar-refractivity contribution is 0.595. The molecule has 0 heterocycles. The van der Waals surface area contributed by atoms with Crippen LogP contribution in [0.4, 0.5) is 10.1 Å². The predicted molar refractivity (Wildman–Crippen MR) is 77.9 cm³/mol. The highest BCUT2D eigenvalue weighted by Gasteiger charge is 2.19. The standard InChI is InChI=1S/C14H13ClFNO2S/c1-9-2-5-13(17)14(6-9)20(18,19)8-10-3-4-12(16)11(15)7-10/h2-7H,8,17H2,1H3. The van der Waals surface area contributed by atoms with Crippen molar-refractivity contribution < 1.29 is 12.8 Å². The van der Waals surface area contributed by atoms with Gasteiger partial charge < -0.3 is 5.73 Å². The quantitative estimate of drug-likeness (QED) is 0.884. The molecule has 0 saturated heterocycles. The van der Waals surface area contributed by atoms with Crippen LogP contribution in [0.1, 0.15) is 11.1 Å². The van der Waals surface area contributed by atoms with Gasteiger partial charge in [0, 0.05) is 0 Å². The van der Waals surface area contributed by atoms with Gasteiger partial charge in [-0.05, 0) is 42.3 Å². The second-order valence-corrected chi connectivity index (χ2v) is 6.91. The molecule has 2 N–H and O–H groups in total. The minimum Gasteiger partial charge on any atom is -0.398 e. The van der Waals surface area contributed by atoms with Gasteiger partial charge in [-0.2, -0.15) is 0 Å². The summed E-state index contributed by atoms with van der Waals surface area (Å²) < 4.78 is 37.8. The molecule has 0 fully saturated rings. The van der Waals surface area contributed by atoms with E-state index in [1.165, 1.54) is 18.2 Å². The van der Waals surface area contributed by atoms with E-state index in [-0.39, 0.29) is 21.4 Å². The molecule has 2 aromatic rings. The largest absolute Gasteiger partial charge is 0.398 e. The fourth-order valence-corrected chi connectivity index (χ4v) is 3.61. The molecule has 0 bridgehead atoms. The van der Waals surface area contributed by atoms with Crippen molar-refractivity contribution in [2.75, 3.05) is 5.73 Å². The summed E-state index contributed by atoms with van der Waals surface area (Å²) >= 11 is 5.65. The van der Waals surface area contributed by atoms with E-state index < -0.39 is 15.7 Å².